The summed E-state index contributed by atoms with van der Waals surface area (Å²) < 4.78 is 49.9. The van der Waals surface area contributed by atoms with Gasteiger partial charge in [0.1, 0.15) is 23.9 Å². The number of rotatable bonds is 4. The summed E-state index contributed by atoms with van der Waals surface area (Å²) in [7, 11) is 1.39. The highest BCUT2D eigenvalue weighted by Crippen LogP contribution is 2.29. The van der Waals surface area contributed by atoms with E-state index < -0.39 is 17.5 Å². The van der Waals surface area contributed by atoms with Gasteiger partial charge in [-0.05, 0) is 18.2 Å². The highest BCUT2D eigenvalue weighted by molar-refractivity contribution is 6.32. The molecular weight excluding hydrogens is 293 g/mol. The number of halogens is 4. The van der Waals surface area contributed by atoms with Crippen molar-refractivity contribution in [1.82, 2.24) is 0 Å². The van der Waals surface area contributed by atoms with Crippen LogP contribution in [0.25, 0.3) is 0 Å². The number of ether oxygens (including phenoxy) is 2. The van der Waals surface area contributed by atoms with E-state index in [2.05, 4.69) is 0 Å². The summed E-state index contributed by atoms with van der Waals surface area (Å²) in [5.74, 6) is -2.47. The maximum atomic E-state index is 13.7. The zero-order chi connectivity index (χ0) is 14.7. The molecule has 6 heteroatoms. The monoisotopic (exact) mass is 302 g/mol. The fourth-order valence-electron chi connectivity index (χ4n) is 1.64. The second-order valence-electron chi connectivity index (χ2n) is 3.91. The Balaban J connectivity index is 2.23. The molecule has 0 radical (unpaired) electrons. The van der Waals surface area contributed by atoms with Gasteiger partial charge in [-0.3, -0.25) is 0 Å². The lowest BCUT2D eigenvalue weighted by atomic mass is 10.2. The Hall–Kier alpha value is -1.88. The number of hydrogen-bond acceptors (Lipinski definition) is 2. The van der Waals surface area contributed by atoms with Crippen LogP contribution in [0.15, 0.2) is 30.3 Å². The molecule has 0 saturated heterocycles. The molecule has 0 fully saturated rings. The van der Waals surface area contributed by atoms with Gasteiger partial charge in [0, 0.05) is 6.07 Å². The van der Waals surface area contributed by atoms with Crippen LogP contribution in [0.1, 0.15) is 5.56 Å². The summed E-state index contributed by atoms with van der Waals surface area (Å²) in [5.41, 5.74) is 0.163. The standard InChI is InChI=1S/C14H10ClF3O2/c1-19-13-4-2-3-10(16)8(13)7-20-14-6-12(18)11(17)5-9(14)15/h2-6H,7H2,1H3. The smallest absolute Gasteiger partial charge is 0.162 e. The highest BCUT2D eigenvalue weighted by Gasteiger charge is 2.13. The molecule has 0 N–H and O–H groups in total. The normalized spacial score (nSPS) is 10.4. The van der Waals surface area contributed by atoms with Gasteiger partial charge in [0.2, 0.25) is 0 Å². The highest BCUT2D eigenvalue weighted by atomic mass is 35.5. The van der Waals surface area contributed by atoms with E-state index in [4.69, 9.17) is 21.1 Å². The lowest BCUT2D eigenvalue weighted by Crippen LogP contribution is -2.02. The van der Waals surface area contributed by atoms with Gasteiger partial charge in [0.15, 0.2) is 11.6 Å². The molecule has 0 aliphatic rings. The number of hydrogen-bond donors (Lipinski definition) is 0. The lowest BCUT2D eigenvalue weighted by molar-refractivity contribution is 0.287. The van der Waals surface area contributed by atoms with Crippen molar-refractivity contribution in [2.24, 2.45) is 0 Å². The molecular formula is C14H10ClF3O2. The van der Waals surface area contributed by atoms with E-state index in [-0.39, 0.29) is 22.9 Å². The Morgan fingerprint density at radius 1 is 1.00 bits per heavy atom. The molecule has 0 spiro atoms. The number of methoxy groups -OCH3 is 1. The van der Waals surface area contributed by atoms with Gasteiger partial charge in [-0.1, -0.05) is 17.7 Å². The first-order valence-corrected chi connectivity index (χ1v) is 5.99. The van der Waals surface area contributed by atoms with Gasteiger partial charge in [0.05, 0.1) is 17.7 Å². The van der Waals surface area contributed by atoms with Crippen molar-refractivity contribution in [3.63, 3.8) is 0 Å². The molecule has 0 saturated carbocycles. The topological polar surface area (TPSA) is 18.5 Å². The summed E-state index contributed by atoms with van der Waals surface area (Å²) in [6.45, 7) is -0.222. The molecule has 2 nitrogen and oxygen atoms in total. The minimum Gasteiger partial charge on any atom is -0.496 e. The van der Waals surface area contributed by atoms with E-state index in [1.165, 1.54) is 19.2 Å². The van der Waals surface area contributed by atoms with E-state index in [0.29, 0.717) is 5.75 Å². The molecule has 0 aliphatic heterocycles. The quantitative estimate of drug-likeness (QED) is 0.782. The van der Waals surface area contributed by atoms with Crippen molar-refractivity contribution >= 4 is 11.6 Å². The third-order valence-corrected chi connectivity index (χ3v) is 2.94. The van der Waals surface area contributed by atoms with Crippen LogP contribution in [0.2, 0.25) is 5.02 Å². The Bertz CT molecular complexity index is 632. The Kier molecular flexibility index (Phi) is 4.39. The largest absolute Gasteiger partial charge is 0.496 e. The summed E-state index contributed by atoms with van der Waals surface area (Å²) in [5, 5.41) is -0.0980. The van der Waals surface area contributed by atoms with E-state index in [0.717, 1.165) is 12.1 Å². The molecule has 0 aromatic heterocycles. The van der Waals surface area contributed by atoms with Crippen LogP contribution in [-0.4, -0.2) is 7.11 Å². The fourth-order valence-corrected chi connectivity index (χ4v) is 1.84. The lowest BCUT2D eigenvalue weighted by Gasteiger charge is -2.12. The first-order chi connectivity index (χ1) is 9.52. The second kappa shape index (κ2) is 6.05. The van der Waals surface area contributed by atoms with E-state index >= 15 is 0 Å². The minimum atomic E-state index is -1.09. The van der Waals surface area contributed by atoms with Gasteiger partial charge in [-0.15, -0.1) is 0 Å². The van der Waals surface area contributed by atoms with Crippen molar-refractivity contribution in [2.75, 3.05) is 7.11 Å². The van der Waals surface area contributed by atoms with Gasteiger partial charge >= 0.3 is 0 Å². The first kappa shape index (κ1) is 14.5. The van der Waals surface area contributed by atoms with Crippen LogP contribution in [-0.2, 0) is 6.61 Å². The van der Waals surface area contributed by atoms with Crippen molar-refractivity contribution < 1.29 is 22.6 Å². The number of benzene rings is 2. The van der Waals surface area contributed by atoms with Gasteiger partial charge in [-0.2, -0.15) is 0 Å². The summed E-state index contributed by atoms with van der Waals surface area (Å²) in [4.78, 5) is 0. The molecule has 0 aliphatic carbocycles. The molecule has 0 bridgehead atoms. The SMILES string of the molecule is COc1cccc(F)c1COc1cc(F)c(F)cc1Cl. The van der Waals surface area contributed by atoms with Crippen LogP contribution in [0.5, 0.6) is 11.5 Å². The van der Waals surface area contributed by atoms with Crippen LogP contribution in [0, 0.1) is 17.5 Å². The zero-order valence-electron chi connectivity index (χ0n) is 10.4. The van der Waals surface area contributed by atoms with Crippen molar-refractivity contribution in [3.8, 4) is 11.5 Å². The third kappa shape index (κ3) is 2.99. The van der Waals surface area contributed by atoms with Gasteiger partial charge in [-0.25, -0.2) is 13.2 Å². The summed E-state index contributed by atoms with van der Waals surface area (Å²) in [6, 6.07) is 5.90. The fraction of sp³-hybridized carbons (Fsp3) is 0.143. The molecule has 2 rings (SSSR count). The summed E-state index contributed by atoms with van der Waals surface area (Å²) in [6.07, 6.45) is 0. The Morgan fingerprint density at radius 3 is 2.40 bits per heavy atom. The maximum absolute atomic E-state index is 13.7. The van der Waals surface area contributed by atoms with Gasteiger partial charge in [0.25, 0.3) is 0 Å². The molecule has 20 heavy (non-hydrogen) atoms. The Labute approximate surface area is 118 Å². The average Bonchev–Trinajstić information content (AvgIpc) is 2.42. The molecule has 2 aromatic carbocycles. The van der Waals surface area contributed by atoms with Crippen LogP contribution in [0.4, 0.5) is 13.2 Å². The van der Waals surface area contributed by atoms with Crippen LogP contribution in [0.3, 0.4) is 0 Å². The average molecular weight is 303 g/mol. The van der Waals surface area contributed by atoms with Gasteiger partial charge < -0.3 is 9.47 Å². The van der Waals surface area contributed by atoms with E-state index in [9.17, 15) is 13.2 Å². The second-order valence-corrected chi connectivity index (χ2v) is 4.31. The molecule has 0 amide bonds. The van der Waals surface area contributed by atoms with E-state index in [1.807, 2.05) is 0 Å². The zero-order valence-corrected chi connectivity index (χ0v) is 11.2. The first-order valence-electron chi connectivity index (χ1n) is 5.61. The maximum Gasteiger partial charge on any atom is 0.162 e. The molecule has 0 unspecified atom stereocenters. The predicted molar refractivity (Wildman–Crippen MR) is 68.7 cm³/mol. The third-order valence-electron chi connectivity index (χ3n) is 2.64. The molecule has 0 heterocycles. The summed E-state index contributed by atoms with van der Waals surface area (Å²) >= 11 is 5.72. The van der Waals surface area contributed by atoms with E-state index in [1.54, 1.807) is 6.07 Å². The molecule has 106 valence electrons. The molecule has 0 atom stereocenters. The predicted octanol–water partition coefficient (Wildman–Crippen LogP) is 4.34. The van der Waals surface area contributed by atoms with Crippen LogP contribution < -0.4 is 9.47 Å². The molecule has 2 aromatic rings. The van der Waals surface area contributed by atoms with Crippen molar-refractivity contribution in [2.45, 2.75) is 6.61 Å². The van der Waals surface area contributed by atoms with Crippen molar-refractivity contribution in [1.29, 1.82) is 0 Å². The Morgan fingerprint density at radius 2 is 1.70 bits per heavy atom. The minimum absolute atomic E-state index is 0.0733. The van der Waals surface area contributed by atoms with Crippen molar-refractivity contribution in [3.05, 3.63) is 58.4 Å². The van der Waals surface area contributed by atoms with Crippen LogP contribution >= 0.6 is 11.6 Å².